The normalized spacial score (nSPS) is 11.6. The van der Waals surface area contributed by atoms with Gasteiger partial charge in [0.25, 0.3) is 10.0 Å². The van der Waals surface area contributed by atoms with Gasteiger partial charge in [0, 0.05) is 16.9 Å². The van der Waals surface area contributed by atoms with Crippen LogP contribution < -0.4 is 0 Å². The van der Waals surface area contributed by atoms with Crippen molar-refractivity contribution < 1.29 is 8.42 Å². The molecule has 0 saturated heterocycles. The molecule has 0 spiro atoms. The van der Waals surface area contributed by atoms with Gasteiger partial charge in [0.1, 0.15) is 0 Å². The van der Waals surface area contributed by atoms with E-state index in [9.17, 15) is 8.42 Å². The van der Waals surface area contributed by atoms with Crippen molar-refractivity contribution in [2.45, 2.75) is 11.8 Å². The number of hydrogen-bond donors (Lipinski definition) is 0. The third-order valence-electron chi connectivity index (χ3n) is 2.26. The molecule has 0 aliphatic rings. The maximum atomic E-state index is 12.1. The van der Waals surface area contributed by atoms with Crippen molar-refractivity contribution in [1.82, 2.24) is 3.97 Å². The molecule has 3 nitrogen and oxygen atoms in total. The minimum Gasteiger partial charge on any atom is -0.248 e. The number of rotatable bonds is 2. The van der Waals surface area contributed by atoms with E-state index in [1.165, 1.54) is 3.97 Å². The minimum atomic E-state index is -3.45. The van der Waals surface area contributed by atoms with Crippen molar-refractivity contribution in [3.63, 3.8) is 0 Å². The molecule has 0 aliphatic carbocycles. The van der Waals surface area contributed by atoms with Crippen LogP contribution in [-0.4, -0.2) is 12.4 Å². The van der Waals surface area contributed by atoms with Gasteiger partial charge < -0.3 is 0 Å². The first-order valence-electron chi connectivity index (χ1n) is 4.66. The summed E-state index contributed by atoms with van der Waals surface area (Å²) in [5, 5.41) is 0. The Morgan fingerprint density at radius 3 is 2.25 bits per heavy atom. The Kier molecular flexibility index (Phi) is 2.90. The monoisotopic (exact) mass is 299 g/mol. The van der Waals surface area contributed by atoms with Crippen LogP contribution in [0, 0.1) is 6.92 Å². The molecule has 0 atom stereocenters. The molecule has 0 aliphatic heterocycles. The number of nitrogens with zero attached hydrogens (tertiary/aromatic N) is 1. The zero-order valence-corrected chi connectivity index (χ0v) is 11.0. The van der Waals surface area contributed by atoms with Gasteiger partial charge in [-0.25, -0.2) is 12.4 Å². The molecular formula is C11H10BrNO2S. The second-order valence-electron chi connectivity index (χ2n) is 3.44. The van der Waals surface area contributed by atoms with E-state index in [4.69, 9.17) is 0 Å². The SMILES string of the molecule is Cc1cn(S(=O)(=O)c2ccccc2)cc1Br. The summed E-state index contributed by atoms with van der Waals surface area (Å²) in [4.78, 5) is 0.289. The van der Waals surface area contributed by atoms with E-state index in [2.05, 4.69) is 15.9 Å². The molecule has 1 aromatic carbocycles. The summed E-state index contributed by atoms with van der Waals surface area (Å²) in [6.07, 6.45) is 3.14. The summed E-state index contributed by atoms with van der Waals surface area (Å²) < 4.78 is 26.3. The zero-order chi connectivity index (χ0) is 11.8. The van der Waals surface area contributed by atoms with Crippen molar-refractivity contribution in [3.05, 3.63) is 52.8 Å². The lowest BCUT2D eigenvalue weighted by Gasteiger charge is -2.04. The molecule has 0 unspecified atom stereocenters. The predicted octanol–water partition coefficient (Wildman–Crippen LogP) is 2.80. The highest BCUT2D eigenvalue weighted by molar-refractivity contribution is 9.10. The fourth-order valence-electron chi connectivity index (χ4n) is 1.36. The molecular weight excluding hydrogens is 290 g/mol. The minimum absolute atomic E-state index is 0.289. The van der Waals surface area contributed by atoms with Crippen LogP contribution in [0.3, 0.4) is 0 Å². The maximum Gasteiger partial charge on any atom is 0.267 e. The van der Waals surface area contributed by atoms with Crippen LogP contribution in [0.1, 0.15) is 5.56 Å². The van der Waals surface area contributed by atoms with Crippen molar-refractivity contribution in [2.75, 3.05) is 0 Å². The number of benzene rings is 1. The van der Waals surface area contributed by atoms with Gasteiger partial charge in [0.2, 0.25) is 0 Å². The summed E-state index contributed by atoms with van der Waals surface area (Å²) in [7, 11) is -3.45. The van der Waals surface area contributed by atoms with Gasteiger partial charge in [-0.1, -0.05) is 18.2 Å². The van der Waals surface area contributed by atoms with Crippen LogP contribution in [0.2, 0.25) is 0 Å². The summed E-state index contributed by atoms with van der Waals surface area (Å²) in [6.45, 7) is 1.85. The first-order chi connectivity index (χ1) is 7.51. The van der Waals surface area contributed by atoms with E-state index in [0.717, 1.165) is 10.0 Å². The summed E-state index contributed by atoms with van der Waals surface area (Å²) >= 11 is 3.30. The third kappa shape index (κ3) is 1.92. The van der Waals surface area contributed by atoms with Crippen molar-refractivity contribution in [2.24, 2.45) is 0 Å². The molecule has 0 N–H and O–H groups in total. The molecule has 5 heteroatoms. The topological polar surface area (TPSA) is 39.1 Å². The molecule has 1 heterocycles. The highest BCUT2D eigenvalue weighted by atomic mass is 79.9. The van der Waals surface area contributed by atoms with Gasteiger partial charge >= 0.3 is 0 Å². The van der Waals surface area contributed by atoms with Gasteiger partial charge in [0.05, 0.1) is 4.90 Å². The van der Waals surface area contributed by atoms with Gasteiger partial charge in [-0.05, 0) is 40.5 Å². The fraction of sp³-hybridized carbons (Fsp3) is 0.0909. The summed E-state index contributed by atoms with van der Waals surface area (Å²) in [6, 6.07) is 8.36. The highest BCUT2D eigenvalue weighted by Gasteiger charge is 2.16. The second kappa shape index (κ2) is 4.07. The van der Waals surface area contributed by atoms with Crippen molar-refractivity contribution in [3.8, 4) is 0 Å². The van der Waals surface area contributed by atoms with Gasteiger partial charge in [-0.3, -0.25) is 0 Å². The Bertz CT molecular complexity index is 583. The lowest BCUT2D eigenvalue weighted by Crippen LogP contribution is -2.10. The van der Waals surface area contributed by atoms with Gasteiger partial charge in [-0.15, -0.1) is 0 Å². The van der Waals surface area contributed by atoms with E-state index in [0.29, 0.717) is 0 Å². The molecule has 2 aromatic rings. The van der Waals surface area contributed by atoms with Crippen molar-refractivity contribution in [1.29, 1.82) is 0 Å². The Hall–Kier alpha value is -1.07. The largest absolute Gasteiger partial charge is 0.267 e. The number of hydrogen-bond acceptors (Lipinski definition) is 2. The van der Waals surface area contributed by atoms with Crippen LogP contribution in [0.4, 0.5) is 0 Å². The quantitative estimate of drug-likeness (QED) is 0.855. The van der Waals surface area contributed by atoms with Gasteiger partial charge in [-0.2, -0.15) is 0 Å². The van der Waals surface area contributed by atoms with E-state index >= 15 is 0 Å². The molecule has 0 radical (unpaired) electrons. The Labute approximate surface area is 103 Å². The molecule has 1 aromatic heterocycles. The summed E-state index contributed by atoms with van der Waals surface area (Å²) in [5.41, 5.74) is 0.888. The number of aromatic nitrogens is 1. The molecule has 0 saturated carbocycles. The summed E-state index contributed by atoms with van der Waals surface area (Å²) in [5.74, 6) is 0. The molecule has 0 amide bonds. The van der Waals surface area contributed by atoms with Crippen LogP contribution in [-0.2, 0) is 10.0 Å². The Morgan fingerprint density at radius 1 is 1.12 bits per heavy atom. The maximum absolute atomic E-state index is 12.1. The third-order valence-corrected chi connectivity index (χ3v) is 4.72. The molecule has 16 heavy (non-hydrogen) atoms. The molecule has 2 rings (SSSR count). The van der Waals surface area contributed by atoms with E-state index in [1.807, 2.05) is 6.92 Å². The van der Waals surface area contributed by atoms with E-state index in [-0.39, 0.29) is 4.90 Å². The predicted molar refractivity (Wildman–Crippen MR) is 65.9 cm³/mol. The van der Waals surface area contributed by atoms with Crippen LogP contribution in [0.5, 0.6) is 0 Å². The van der Waals surface area contributed by atoms with E-state index < -0.39 is 10.0 Å². The number of halogens is 1. The van der Waals surface area contributed by atoms with Crippen LogP contribution in [0.25, 0.3) is 0 Å². The highest BCUT2D eigenvalue weighted by Crippen LogP contribution is 2.21. The number of aryl methyl sites for hydroxylation is 1. The fourth-order valence-corrected chi connectivity index (χ4v) is 3.10. The first kappa shape index (κ1) is 11.4. The van der Waals surface area contributed by atoms with Gasteiger partial charge in [0.15, 0.2) is 0 Å². The average Bonchev–Trinajstić information content (AvgIpc) is 2.61. The zero-order valence-electron chi connectivity index (χ0n) is 8.59. The van der Waals surface area contributed by atoms with Crippen LogP contribution in [0.15, 0.2) is 52.1 Å². The lowest BCUT2D eigenvalue weighted by atomic mass is 10.4. The standard InChI is InChI=1S/C11H10BrNO2S/c1-9-7-13(8-11(9)12)16(14,15)10-5-3-2-4-6-10/h2-8H,1H3. The van der Waals surface area contributed by atoms with E-state index in [1.54, 1.807) is 42.7 Å². The second-order valence-corrected chi connectivity index (χ2v) is 6.13. The van der Waals surface area contributed by atoms with Crippen molar-refractivity contribution >= 4 is 26.0 Å². The Balaban J connectivity index is 2.56. The molecule has 84 valence electrons. The average molecular weight is 300 g/mol. The molecule has 0 bridgehead atoms. The lowest BCUT2D eigenvalue weighted by molar-refractivity contribution is 0.587. The first-order valence-corrected chi connectivity index (χ1v) is 6.90. The van der Waals surface area contributed by atoms with Crippen LogP contribution >= 0.6 is 15.9 Å². The Morgan fingerprint density at radius 2 is 1.75 bits per heavy atom. The smallest absolute Gasteiger partial charge is 0.248 e. The molecule has 0 fully saturated rings.